The molecule has 1 atom stereocenters. The molecule has 1 N–H and O–H groups in total. The zero-order valence-corrected chi connectivity index (χ0v) is 16.8. The van der Waals surface area contributed by atoms with Crippen molar-refractivity contribution in [3.05, 3.63) is 53.0 Å². The molecular weight excluding hydrogens is 350 g/mol. The molecule has 6 nitrogen and oxygen atoms in total. The van der Waals surface area contributed by atoms with Crippen LogP contribution in [0, 0.1) is 0 Å². The normalized spacial score (nSPS) is 19.9. The second-order valence-corrected chi connectivity index (χ2v) is 7.93. The fraction of sp³-hybridized carbons (Fsp3) is 0.500. The standard InChI is InChI=1S/C22H29N5O/c1-23-22-18-15-27(20(28)13-16-7-4-3-5-8-16)12-10-19(18)24-21(25-22)17-9-6-11-26(2)14-17/h3-5,7-8,17H,6,9-15H2,1-2H3,(H,23,24,25). The van der Waals surface area contributed by atoms with Gasteiger partial charge < -0.3 is 15.1 Å². The van der Waals surface area contributed by atoms with Gasteiger partial charge in [0.2, 0.25) is 5.91 Å². The lowest BCUT2D eigenvalue weighted by molar-refractivity contribution is -0.131. The van der Waals surface area contributed by atoms with Crippen molar-refractivity contribution in [2.45, 2.75) is 38.1 Å². The number of amides is 1. The van der Waals surface area contributed by atoms with Crippen molar-refractivity contribution in [1.82, 2.24) is 19.8 Å². The number of carbonyl (C=O) groups excluding carboxylic acids is 1. The molecule has 1 aromatic carbocycles. The van der Waals surface area contributed by atoms with Crippen LogP contribution in [0.2, 0.25) is 0 Å². The minimum absolute atomic E-state index is 0.164. The summed E-state index contributed by atoms with van der Waals surface area (Å²) in [6.07, 6.45) is 3.58. The van der Waals surface area contributed by atoms with E-state index in [2.05, 4.69) is 17.3 Å². The molecule has 28 heavy (non-hydrogen) atoms. The molecule has 1 fully saturated rings. The lowest BCUT2D eigenvalue weighted by Crippen LogP contribution is -2.38. The van der Waals surface area contributed by atoms with Crippen molar-refractivity contribution in [1.29, 1.82) is 0 Å². The van der Waals surface area contributed by atoms with Crippen molar-refractivity contribution < 1.29 is 4.79 Å². The molecule has 2 aliphatic rings. The number of hydrogen-bond acceptors (Lipinski definition) is 5. The van der Waals surface area contributed by atoms with Crippen LogP contribution in [0.1, 0.15) is 41.4 Å². The van der Waals surface area contributed by atoms with Gasteiger partial charge in [-0.2, -0.15) is 0 Å². The third-order valence-electron chi connectivity index (χ3n) is 5.85. The Labute approximate surface area is 167 Å². The molecule has 1 unspecified atom stereocenters. The van der Waals surface area contributed by atoms with Gasteiger partial charge in [0, 0.05) is 38.0 Å². The topological polar surface area (TPSA) is 61.4 Å². The quantitative estimate of drug-likeness (QED) is 0.884. The van der Waals surface area contributed by atoms with Crippen LogP contribution in [0.5, 0.6) is 0 Å². The van der Waals surface area contributed by atoms with Crippen LogP contribution in [-0.2, 0) is 24.2 Å². The van der Waals surface area contributed by atoms with Crippen LogP contribution >= 0.6 is 0 Å². The summed E-state index contributed by atoms with van der Waals surface area (Å²) in [5.74, 6) is 2.40. The van der Waals surface area contributed by atoms with E-state index in [4.69, 9.17) is 9.97 Å². The number of nitrogens with one attached hydrogen (secondary N) is 1. The Kier molecular flexibility index (Phi) is 5.57. The summed E-state index contributed by atoms with van der Waals surface area (Å²) in [5.41, 5.74) is 3.23. The molecule has 1 amide bonds. The van der Waals surface area contributed by atoms with Crippen molar-refractivity contribution in [3.8, 4) is 0 Å². The summed E-state index contributed by atoms with van der Waals surface area (Å²) in [4.78, 5) is 26.9. The Morgan fingerprint density at radius 3 is 2.79 bits per heavy atom. The molecule has 1 saturated heterocycles. The number of rotatable bonds is 4. The second-order valence-electron chi connectivity index (χ2n) is 7.93. The van der Waals surface area contributed by atoms with Gasteiger partial charge in [0.25, 0.3) is 0 Å². The lowest BCUT2D eigenvalue weighted by atomic mass is 9.96. The molecule has 3 heterocycles. The third kappa shape index (κ3) is 4.02. The summed E-state index contributed by atoms with van der Waals surface area (Å²) < 4.78 is 0. The van der Waals surface area contributed by atoms with E-state index in [9.17, 15) is 4.79 Å². The van der Waals surface area contributed by atoms with Gasteiger partial charge in [-0.05, 0) is 32.0 Å². The summed E-state index contributed by atoms with van der Waals surface area (Å²) >= 11 is 0. The Bertz CT molecular complexity index is 821. The fourth-order valence-corrected chi connectivity index (χ4v) is 4.29. The first-order chi connectivity index (χ1) is 13.6. The maximum atomic E-state index is 12.8. The van der Waals surface area contributed by atoms with Crippen molar-refractivity contribution in [3.63, 3.8) is 0 Å². The summed E-state index contributed by atoms with van der Waals surface area (Å²) in [7, 11) is 4.07. The molecule has 6 heteroatoms. The molecule has 4 rings (SSSR count). The Balaban J connectivity index is 1.52. The molecule has 0 radical (unpaired) electrons. The van der Waals surface area contributed by atoms with E-state index in [-0.39, 0.29) is 5.91 Å². The second kappa shape index (κ2) is 8.27. The first-order valence-corrected chi connectivity index (χ1v) is 10.2. The van der Waals surface area contributed by atoms with Crippen LogP contribution in [0.15, 0.2) is 30.3 Å². The first kappa shape index (κ1) is 18.9. The van der Waals surface area contributed by atoms with E-state index >= 15 is 0 Å². The van der Waals surface area contributed by atoms with E-state index in [1.807, 2.05) is 42.3 Å². The van der Waals surface area contributed by atoms with E-state index in [0.717, 1.165) is 60.9 Å². The number of fused-ring (bicyclic) bond motifs is 1. The SMILES string of the molecule is CNc1nc(C2CCCN(C)C2)nc2c1CN(C(=O)Cc1ccccc1)CC2. The van der Waals surface area contributed by atoms with Crippen LogP contribution in [0.25, 0.3) is 0 Å². The maximum Gasteiger partial charge on any atom is 0.227 e. The Morgan fingerprint density at radius 1 is 1.21 bits per heavy atom. The molecule has 0 bridgehead atoms. The van der Waals surface area contributed by atoms with Gasteiger partial charge in [0.1, 0.15) is 11.6 Å². The number of hydrogen-bond donors (Lipinski definition) is 1. The lowest BCUT2D eigenvalue weighted by Gasteiger charge is -2.32. The highest BCUT2D eigenvalue weighted by Crippen LogP contribution is 2.29. The van der Waals surface area contributed by atoms with Gasteiger partial charge in [-0.15, -0.1) is 0 Å². The zero-order valence-electron chi connectivity index (χ0n) is 16.8. The first-order valence-electron chi connectivity index (χ1n) is 10.2. The predicted octanol–water partition coefficient (Wildman–Crippen LogP) is 2.45. The number of carbonyl (C=O) groups is 1. The van der Waals surface area contributed by atoms with Crippen LogP contribution in [0.3, 0.4) is 0 Å². The number of likely N-dealkylation sites (N-methyl/N-ethyl adjacent to an activating group) is 1. The number of nitrogens with zero attached hydrogens (tertiary/aromatic N) is 4. The summed E-state index contributed by atoms with van der Waals surface area (Å²) in [6.45, 7) is 3.48. The third-order valence-corrected chi connectivity index (χ3v) is 5.85. The van der Waals surface area contributed by atoms with Crippen molar-refractivity contribution >= 4 is 11.7 Å². The van der Waals surface area contributed by atoms with Gasteiger partial charge >= 0.3 is 0 Å². The number of aromatic nitrogens is 2. The van der Waals surface area contributed by atoms with Crippen LogP contribution < -0.4 is 5.32 Å². The molecule has 2 aliphatic heterocycles. The van der Waals surface area contributed by atoms with Gasteiger partial charge in [0.05, 0.1) is 18.7 Å². The molecular formula is C22H29N5O. The molecule has 0 spiro atoms. The van der Waals surface area contributed by atoms with Gasteiger partial charge in [-0.3, -0.25) is 4.79 Å². The average Bonchev–Trinajstić information content (AvgIpc) is 2.73. The molecule has 148 valence electrons. The van der Waals surface area contributed by atoms with Crippen LogP contribution in [-0.4, -0.2) is 59.4 Å². The van der Waals surface area contributed by atoms with E-state index in [1.54, 1.807) is 0 Å². The van der Waals surface area contributed by atoms with E-state index < -0.39 is 0 Å². The highest BCUT2D eigenvalue weighted by atomic mass is 16.2. The summed E-state index contributed by atoms with van der Waals surface area (Å²) in [6, 6.07) is 9.94. The smallest absolute Gasteiger partial charge is 0.227 e. The van der Waals surface area contributed by atoms with Crippen molar-refractivity contribution in [2.24, 2.45) is 0 Å². The maximum absolute atomic E-state index is 12.8. The predicted molar refractivity (Wildman–Crippen MR) is 110 cm³/mol. The van der Waals surface area contributed by atoms with Crippen molar-refractivity contribution in [2.75, 3.05) is 39.0 Å². The van der Waals surface area contributed by atoms with Gasteiger partial charge in [-0.25, -0.2) is 9.97 Å². The number of anilines is 1. The summed E-state index contributed by atoms with van der Waals surface area (Å²) in [5, 5.41) is 3.25. The molecule has 2 aromatic rings. The fourth-order valence-electron chi connectivity index (χ4n) is 4.29. The van der Waals surface area contributed by atoms with Crippen LogP contribution in [0.4, 0.5) is 5.82 Å². The largest absolute Gasteiger partial charge is 0.373 e. The Morgan fingerprint density at radius 2 is 2.04 bits per heavy atom. The average molecular weight is 380 g/mol. The molecule has 0 aliphatic carbocycles. The van der Waals surface area contributed by atoms with Gasteiger partial charge in [-0.1, -0.05) is 30.3 Å². The number of likely N-dealkylation sites (tertiary alicyclic amines) is 1. The zero-order chi connectivity index (χ0) is 19.5. The van der Waals surface area contributed by atoms with E-state index in [0.29, 0.717) is 18.9 Å². The minimum atomic E-state index is 0.164. The highest BCUT2D eigenvalue weighted by Gasteiger charge is 2.28. The van der Waals surface area contributed by atoms with E-state index in [1.165, 1.54) is 6.42 Å². The number of piperidine rings is 1. The van der Waals surface area contributed by atoms with Gasteiger partial charge in [0.15, 0.2) is 0 Å². The molecule has 0 saturated carbocycles. The highest BCUT2D eigenvalue weighted by molar-refractivity contribution is 5.79. The Hall–Kier alpha value is -2.47. The molecule has 1 aromatic heterocycles. The number of benzene rings is 1. The monoisotopic (exact) mass is 379 g/mol. The minimum Gasteiger partial charge on any atom is -0.373 e.